The number of hydrogen-bond donors (Lipinski definition) is 1. The van der Waals surface area contributed by atoms with Crippen molar-refractivity contribution in [1.29, 1.82) is 0 Å². The summed E-state index contributed by atoms with van der Waals surface area (Å²) in [6.45, 7) is 2.37. The van der Waals surface area contributed by atoms with E-state index in [1.807, 2.05) is 30.3 Å². The highest BCUT2D eigenvalue weighted by Crippen LogP contribution is 2.27. The number of unbranched alkanes of at least 4 members (excludes halogenated alkanes) is 1. The highest BCUT2D eigenvalue weighted by molar-refractivity contribution is 6.36. The van der Waals surface area contributed by atoms with E-state index in [1.165, 1.54) is 4.90 Å². The Morgan fingerprint density at radius 3 is 2.22 bits per heavy atom. The molecular formula is C28H29Cl3N2O3. The van der Waals surface area contributed by atoms with Crippen LogP contribution in [0.25, 0.3) is 0 Å². The molecule has 0 aromatic heterocycles. The van der Waals surface area contributed by atoms with Gasteiger partial charge in [-0.15, -0.1) is 0 Å². The summed E-state index contributed by atoms with van der Waals surface area (Å²) < 4.78 is 5.73. The first-order valence-corrected chi connectivity index (χ1v) is 12.9. The Balaban J connectivity index is 1.92. The van der Waals surface area contributed by atoms with E-state index in [9.17, 15) is 9.59 Å². The number of carbonyl (C=O) groups is 2. The van der Waals surface area contributed by atoms with Gasteiger partial charge in [0.2, 0.25) is 5.91 Å². The zero-order chi connectivity index (χ0) is 25.9. The maximum Gasteiger partial charge on any atom is 0.261 e. The van der Waals surface area contributed by atoms with E-state index in [4.69, 9.17) is 39.5 Å². The molecule has 0 radical (unpaired) electrons. The molecule has 0 aliphatic heterocycles. The average molecular weight is 548 g/mol. The van der Waals surface area contributed by atoms with Gasteiger partial charge in [0, 0.05) is 40.1 Å². The van der Waals surface area contributed by atoms with Crippen LogP contribution in [-0.4, -0.2) is 35.9 Å². The van der Waals surface area contributed by atoms with Crippen molar-refractivity contribution in [1.82, 2.24) is 10.2 Å². The summed E-state index contributed by atoms with van der Waals surface area (Å²) >= 11 is 18.8. The molecule has 0 bridgehead atoms. The molecule has 8 heteroatoms. The maximum absolute atomic E-state index is 13.6. The standard InChI is InChI=1S/C28H29Cl3N2O3/c1-2-3-16-32-28(35)26(17-20-8-5-4-6-9-20)33(18-23-24(30)10-7-11-25(23)31)27(34)19-36-22-14-12-21(29)13-15-22/h4-15,26H,2-3,16-19H2,1H3,(H,32,35). The van der Waals surface area contributed by atoms with Crippen LogP contribution in [0, 0.1) is 0 Å². The molecule has 0 aliphatic carbocycles. The van der Waals surface area contributed by atoms with E-state index >= 15 is 0 Å². The van der Waals surface area contributed by atoms with Crippen LogP contribution in [0.3, 0.4) is 0 Å². The third-order valence-corrected chi connectivity index (χ3v) is 6.63. The molecule has 0 saturated carbocycles. The fourth-order valence-corrected chi connectivity index (χ4v) is 4.32. The maximum atomic E-state index is 13.6. The van der Waals surface area contributed by atoms with Crippen molar-refractivity contribution in [3.05, 3.63) is 99.0 Å². The predicted molar refractivity (Wildman–Crippen MR) is 146 cm³/mol. The minimum atomic E-state index is -0.794. The van der Waals surface area contributed by atoms with Gasteiger partial charge in [-0.3, -0.25) is 9.59 Å². The molecule has 3 rings (SSSR count). The van der Waals surface area contributed by atoms with Gasteiger partial charge in [0.05, 0.1) is 0 Å². The largest absolute Gasteiger partial charge is 0.484 e. The van der Waals surface area contributed by atoms with Gasteiger partial charge in [-0.2, -0.15) is 0 Å². The van der Waals surface area contributed by atoms with Crippen LogP contribution < -0.4 is 10.1 Å². The molecule has 0 heterocycles. The Hall–Kier alpha value is -2.73. The van der Waals surface area contributed by atoms with Crippen LogP contribution in [-0.2, 0) is 22.6 Å². The third-order valence-electron chi connectivity index (χ3n) is 5.67. The fraction of sp³-hybridized carbons (Fsp3) is 0.286. The number of nitrogens with zero attached hydrogens (tertiary/aromatic N) is 1. The number of ether oxygens (including phenoxy) is 1. The lowest BCUT2D eigenvalue weighted by molar-refractivity contribution is -0.142. The summed E-state index contributed by atoms with van der Waals surface area (Å²) in [6.07, 6.45) is 2.11. The van der Waals surface area contributed by atoms with Crippen molar-refractivity contribution in [2.24, 2.45) is 0 Å². The van der Waals surface area contributed by atoms with E-state index in [2.05, 4.69) is 12.2 Å². The van der Waals surface area contributed by atoms with Gasteiger partial charge in [-0.05, 0) is 48.4 Å². The quantitative estimate of drug-likeness (QED) is 0.261. The van der Waals surface area contributed by atoms with Crippen LogP contribution >= 0.6 is 34.8 Å². The Bertz CT molecular complexity index is 1120. The summed E-state index contributed by atoms with van der Waals surface area (Å²) in [5.41, 5.74) is 1.50. The normalized spacial score (nSPS) is 11.6. The van der Waals surface area contributed by atoms with Crippen molar-refractivity contribution < 1.29 is 14.3 Å². The number of carbonyl (C=O) groups excluding carboxylic acids is 2. The second-order valence-electron chi connectivity index (χ2n) is 8.31. The van der Waals surface area contributed by atoms with Crippen LogP contribution in [0.5, 0.6) is 5.75 Å². The number of amides is 2. The fourth-order valence-electron chi connectivity index (χ4n) is 3.67. The zero-order valence-electron chi connectivity index (χ0n) is 20.1. The van der Waals surface area contributed by atoms with Gasteiger partial charge in [0.25, 0.3) is 5.91 Å². The Labute approximate surface area is 227 Å². The van der Waals surface area contributed by atoms with E-state index in [1.54, 1.807) is 42.5 Å². The number of rotatable bonds is 12. The molecule has 1 unspecified atom stereocenters. The molecule has 0 fully saturated rings. The topological polar surface area (TPSA) is 58.6 Å². The minimum Gasteiger partial charge on any atom is -0.484 e. The second-order valence-corrected chi connectivity index (χ2v) is 9.57. The number of halogens is 3. The summed E-state index contributed by atoms with van der Waals surface area (Å²) in [6, 6.07) is 20.7. The molecular weight excluding hydrogens is 519 g/mol. The monoisotopic (exact) mass is 546 g/mol. The average Bonchev–Trinajstić information content (AvgIpc) is 2.88. The van der Waals surface area contributed by atoms with Gasteiger partial charge in [0.1, 0.15) is 11.8 Å². The van der Waals surface area contributed by atoms with Crippen LogP contribution in [0.4, 0.5) is 0 Å². The van der Waals surface area contributed by atoms with Crippen LogP contribution in [0.2, 0.25) is 15.1 Å². The molecule has 2 amide bonds. The molecule has 1 N–H and O–H groups in total. The second kappa shape index (κ2) is 14.1. The molecule has 36 heavy (non-hydrogen) atoms. The highest BCUT2D eigenvalue weighted by atomic mass is 35.5. The summed E-state index contributed by atoms with van der Waals surface area (Å²) in [5, 5.41) is 4.39. The molecule has 0 spiro atoms. The predicted octanol–water partition coefficient (Wildman–Crippen LogP) is 6.58. The lowest BCUT2D eigenvalue weighted by Crippen LogP contribution is -2.52. The smallest absolute Gasteiger partial charge is 0.261 e. The molecule has 3 aromatic carbocycles. The molecule has 3 aromatic rings. The van der Waals surface area contributed by atoms with Crippen molar-refractivity contribution >= 4 is 46.6 Å². The van der Waals surface area contributed by atoms with E-state index in [-0.39, 0.29) is 25.0 Å². The molecule has 190 valence electrons. The van der Waals surface area contributed by atoms with Gasteiger partial charge < -0.3 is 15.0 Å². The van der Waals surface area contributed by atoms with Crippen molar-refractivity contribution in [3.63, 3.8) is 0 Å². The summed E-state index contributed by atoms with van der Waals surface area (Å²) in [4.78, 5) is 28.5. The molecule has 0 saturated heterocycles. The van der Waals surface area contributed by atoms with Gasteiger partial charge in [-0.1, -0.05) is 84.5 Å². The summed E-state index contributed by atoms with van der Waals surface area (Å²) in [5.74, 6) is -0.113. The lowest BCUT2D eigenvalue weighted by atomic mass is 10.0. The SMILES string of the molecule is CCCCNC(=O)C(Cc1ccccc1)N(Cc1c(Cl)cccc1Cl)C(=O)COc1ccc(Cl)cc1. The Morgan fingerprint density at radius 2 is 1.58 bits per heavy atom. The third kappa shape index (κ3) is 8.16. The Morgan fingerprint density at radius 1 is 0.917 bits per heavy atom. The number of hydrogen-bond acceptors (Lipinski definition) is 3. The van der Waals surface area contributed by atoms with Crippen LogP contribution in [0.1, 0.15) is 30.9 Å². The lowest BCUT2D eigenvalue weighted by Gasteiger charge is -2.32. The number of nitrogens with one attached hydrogen (secondary N) is 1. The first kappa shape index (κ1) is 27.9. The highest BCUT2D eigenvalue weighted by Gasteiger charge is 2.31. The first-order valence-electron chi connectivity index (χ1n) is 11.8. The molecule has 0 aliphatic rings. The van der Waals surface area contributed by atoms with Gasteiger partial charge in [0.15, 0.2) is 6.61 Å². The molecule has 1 atom stereocenters. The zero-order valence-corrected chi connectivity index (χ0v) is 22.3. The summed E-state index contributed by atoms with van der Waals surface area (Å²) in [7, 11) is 0. The van der Waals surface area contributed by atoms with Crippen molar-refractivity contribution in [3.8, 4) is 5.75 Å². The van der Waals surface area contributed by atoms with Gasteiger partial charge >= 0.3 is 0 Å². The van der Waals surface area contributed by atoms with Crippen molar-refractivity contribution in [2.45, 2.75) is 38.8 Å². The van der Waals surface area contributed by atoms with Gasteiger partial charge in [-0.25, -0.2) is 0 Å². The molecule has 5 nitrogen and oxygen atoms in total. The van der Waals surface area contributed by atoms with E-state index in [0.29, 0.717) is 39.3 Å². The van der Waals surface area contributed by atoms with Crippen molar-refractivity contribution in [2.75, 3.05) is 13.2 Å². The minimum absolute atomic E-state index is 0.0556. The first-order chi connectivity index (χ1) is 17.4. The van der Waals surface area contributed by atoms with Crippen LogP contribution in [0.15, 0.2) is 72.8 Å². The van der Waals surface area contributed by atoms with E-state index in [0.717, 1.165) is 18.4 Å². The van der Waals surface area contributed by atoms with E-state index < -0.39 is 6.04 Å². The number of benzene rings is 3. The Kier molecular flexibility index (Phi) is 10.9.